The summed E-state index contributed by atoms with van der Waals surface area (Å²) in [5.74, 6) is 0.956. The summed E-state index contributed by atoms with van der Waals surface area (Å²) in [5, 5.41) is 0. The van der Waals surface area contributed by atoms with E-state index in [9.17, 15) is 0 Å². The molecule has 4 nitrogen and oxygen atoms in total. The predicted octanol–water partition coefficient (Wildman–Crippen LogP) is 2.91. The van der Waals surface area contributed by atoms with Crippen LogP contribution in [0, 0.1) is 17.3 Å². The van der Waals surface area contributed by atoms with Crippen molar-refractivity contribution < 1.29 is 14.2 Å². The minimum absolute atomic E-state index is 0.228. The average Bonchev–Trinajstić information content (AvgIpc) is 2.86. The van der Waals surface area contributed by atoms with E-state index in [1.54, 1.807) is 0 Å². The van der Waals surface area contributed by atoms with Crippen LogP contribution in [0.4, 0.5) is 0 Å². The van der Waals surface area contributed by atoms with E-state index in [4.69, 9.17) is 14.2 Å². The van der Waals surface area contributed by atoms with Crippen LogP contribution in [0.1, 0.15) is 47.0 Å². The van der Waals surface area contributed by atoms with E-state index in [-0.39, 0.29) is 11.9 Å². The summed E-state index contributed by atoms with van der Waals surface area (Å²) in [7, 11) is 0. The number of rotatable bonds is 2. The molecule has 1 saturated carbocycles. The van der Waals surface area contributed by atoms with Crippen LogP contribution in [0.3, 0.4) is 0 Å². The van der Waals surface area contributed by atoms with Gasteiger partial charge in [-0.1, -0.05) is 27.7 Å². The quantitative estimate of drug-likeness (QED) is 0.784. The average molecular weight is 311 g/mol. The number of nitrogens with zero attached hydrogens (tertiary/aromatic N) is 1. The molecule has 4 unspecified atom stereocenters. The van der Waals surface area contributed by atoms with Crippen molar-refractivity contribution in [1.29, 1.82) is 0 Å². The molecule has 2 saturated heterocycles. The Kier molecular flexibility index (Phi) is 4.84. The normalized spacial score (nSPS) is 41.2. The zero-order chi connectivity index (χ0) is 15.8. The summed E-state index contributed by atoms with van der Waals surface area (Å²) < 4.78 is 18.1. The molecular weight excluding hydrogens is 278 g/mol. The summed E-state index contributed by atoms with van der Waals surface area (Å²) in [4.78, 5) is 2.45. The Morgan fingerprint density at radius 1 is 1.18 bits per heavy atom. The van der Waals surface area contributed by atoms with Crippen molar-refractivity contribution in [3.05, 3.63) is 0 Å². The zero-order valence-corrected chi connectivity index (χ0v) is 14.8. The van der Waals surface area contributed by atoms with Gasteiger partial charge in [0.1, 0.15) is 0 Å². The maximum atomic E-state index is 6.46. The first-order chi connectivity index (χ1) is 10.4. The van der Waals surface area contributed by atoms with Crippen LogP contribution in [0.2, 0.25) is 0 Å². The lowest BCUT2D eigenvalue weighted by Crippen LogP contribution is -2.46. The third-order valence-corrected chi connectivity index (χ3v) is 5.90. The summed E-state index contributed by atoms with van der Waals surface area (Å²) in [6.07, 6.45) is 3.72. The van der Waals surface area contributed by atoms with Gasteiger partial charge in [0.15, 0.2) is 5.79 Å². The fourth-order valence-corrected chi connectivity index (χ4v) is 4.27. The van der Waals surface area contributed by atoms with Gasteiger partial charge in [-0.25, -0.2) is 0 Å². The lowest BCUT2D eigenvalue weighted by Gasteiger charge is -2.45. The second kappa shape index (κ2) is 6.39. The molecule has 0 N–H and O–H groups in total. The Morgan fingerprint density at radius 3 is 2.55 bits per heavy atom. The van der Waals surface area contributed by atoms with Gasteiger partial charge in [0, 0.05) is 32.0 Å². The van der Waals surface area contributed by atoms with Crippen molar-refractivity contribution in [2.45, 2.75) is 58.8 Å². The van der Waals surface area contributed by atoms with Crippen LogP contribution in [-0.2, 0) is 14.2 Å². The van der Waals surface area contributed by atoms with Crippen LogP contribution < -0.4 is 0 Å². The van der Waals surface area contributed by atoms with Crippen molar-refractivity contribution in [2.24, 2.45) is 17.3 Å². The van der Waals surface area contributed by atoms with Crippen LogP contribution in [0.15, 0.2) is 0 Å². The SMILES string of the molecule is CC1CC(C(C)(C)C)CCC12OCC(CN1CCOCC1)O2. The second-order valence-corrected chi connectivity index (χ2v) is 8.51. The van der Waals surface area contributed by atoms with Crippen molar-refractivity contribution in [1.82, 2.24) is 4.90 Å². The highest BCUT2D eigenvalue weighted by Crippen LogP contribution is 2.48. The summed E-state index contributed by atoms with van der Waals surface area (Å²) >= 11 is 0. The van der Waals surface area contributed by atoms with E-state index in [1.807, 2.05) is 0 Å². The molecule has 4 heteroatoms. The Balaban J connectivity index is 1.55. The van der Waals surface area contributed by atoms with E-state index in [1.165, 1.54) is 12.8 Å². The van der Waals surface area contributed by atoms with Gasteiger partial charge in [-0.3, -0.25) is 4.90 Å². The maximum absolute atomic E-state index is 6.46. The molecule has 128 valence electrons. The number of morpholine rings is 1. The molecule has 4 atom stereocenters. The van der Waals surface area contributed by atoms with Gasteiger partial charge in [0.2, 0.25) is 0 Å². The lowest BCUT2D eigenvalue weighted by molar-refractivity contribution is -0.228. The standard InChI is InChI=1S/C18H33NO3/c1-14-11-15(17(2,3)4)5-6-18(14)21-13-16(22-18)12-19-7-9-20-10-8-19/h14-16H,5-13H2,1-4H3. The second-order valence-electron chi connectivity index (χ2n) is 8.51. The first-order valence-electron chi connectivity index (χ1n) is 9.01. The summed E-state index contributed by atoms with van der Waals surface area (Å²) in [6.45, 7) is 14.9. The molecule has 0 amide bonds. The first kappa shape index (κ1) is 16.7. The molecular formula is C18H33NO3. The molecule has 3 rings (SSSR count). The molecule has 0 bridgehead atoms. The molecule has 3 fully saturated rings. The topological polar surface area (TPSA) is 30.9 Å². The van der Waals surface area contributed by atoms with Gasteiger partial charge < -0.3 is 14.2 Å². The largest absolute Gasteiger partial charge is 0.379 e. The predicted molar refractivity (Wildman–Crippen MR) is 86.8 cm³/mol. The Labute approximate surface area is 135 Å². The van der Waals surface area contributed by atoms with Crippen LogP contribution in [0.5, 0.6) is 0 Å². The van der Waals surface area contributed by atoms with Gasteiger partial charge in [-0.05, 0) is 24.2 Å². The Bertz CT molecular complexity index is 375. The minimum atomic E-state index is -0.307. The number of ether oxygens (including phenoxy) is 3. The Morgan fingerprint density at radius 2 is 1.91 bits per heavy atom. The number of hydrogen-bond donors (Lipinski definition) is 0. The molecule has 2 heterocycles. The van der Waals surface area contributed by atoms with Gasteiger partial charge in [0.05, 0.1) is 25.9 Å². The molecule has 1 aliphatic carbocycles. The van der Waals surface area contributed by atoms with E-state index in [0.29, 0.717) is 11.3 Å². The maximum Gasteiger partial charge on any atom is 0.171 e. The third-order valence-electron chi connectivity index (χ3n) is 5.90. The van der Waals surface area contributed by atoms with Crippen molar-refractivity contribution >= 4 is 0 Å². The molecule has 1 spiro atoms. The molecule has 0 aromatic rings. The van der Waals surface area contributed by atoms with E-state index in [0.717, 1.165) is 51.8 Å². The van der Waals surface area contributed by atoms with Gasteiger partial charge in [-0.2, -0.15) is 0 Å². The van der Waals surface area contributed by atoms with Crippen LogP contribution >= 0.6 is 0 Å². The van der Waals surface area contributed by atoms with Gasteiger partial charge in [-0.15, -0.1) is 0 Å². The van der Waals surface area contributed by atoms with Crippen molar-refractivity contribution in [3.8, 4) is 0 Å². The highest BCUT2D eigenvalue weighted by Gasteiger charge is 2.50. The summed E-state index contributed by atoms with van der Waals surface area (Å²) in [6, 6.07) is 0. The molecule has 0 aromatic heterocycles. The molecule has 0 aromatic carbocycles. The van der Waals surface area contributed by atoms with Crippen molar-refractivity contribution in [3.63, 3.8) is 0 Å². The molecule has 22 heavy (non-hydrogen) atoms. The smallest absolute Gasteiger partial charge is 0.171 e. The molecule has 3 aliphatic rings. The first-order valence-corrected chi connectivity index (χ1v) is 9.01. The number of hydrogen-bond acceptors (Lipinski definition) is 4. The van der Waals surface area contributed by atoms with E-state index >= 15 is 0 Å². The fraction of sp³-hybridized carbons (Fsp3) is 1.00. The van der Waals surface area contributed by atoms with Crippen molar-refractivity contribution in [2.75, 3.05) is 39.5 Å². The molecule has 2 aliphatic heterocycles. The van der Waals surface area contributed by atoms with Gasteiger partial charge >= 0.3 is 0 Å². The van der Waals surface area contributed by atoms with E-state index in [2.05, 4.69) is 32.6 Å². The summed E-state index contributed by atoms with van der Waals surface area (Å²) in [5.41, 5.74) is 0.391. The van der Waals surface area contributed by atoms with Gasteiger partial charge in [0.25, 0.3) is 0 Å². The monoisotopic (exact) mass is 311 g/mol. The molecule has 0 radical (unpaired) electrons. The minimum Gasteiger partial charge on any atom is -0.379 e. The fourth-order valence-electron chi connectivity index (χ4n) is 4.27. The lowest BCUT2D eigenvalue weighted by atomic mass is 9.67. The third kappa shape index (κ3) is 3.50. The zero-order valence-electron chi connectivity index (χ0n) is 14.8. The van der Waals surface area contributed by atoms with Crippen LogP contribution in [-0.4, -0.2) is 56.2 Å². The van der Waals surface area contributed by atoms with E-state index < -0.39 is 0 Å². The highest BCUT2D eigenvalue weighted by molar-refractivity contribution is 4.93. The highest BCUT2D eigenvalue weighted by atomic mass is 16.7. The van der Waals surface area contributed by atoms with Crippen LogP contribution in [0.25, 0.3) is 0 Å². The Hall–Kier alpha value is -0.160.